The van der Waals surface area contributed by atoms with Crippen LogP contribution >= 0.6 is 11.6 Å². The Morgan fingerprint density at radius 1 is 1.52 bits per heavy atom. The number of halogens is 1. The van der Waals surface area contributed by atoms with Crippen molar-refractivity contribution in [3.8, 4) is 5.75 Å². The van der Waals surface area contributed by atoms with E-state index >= 15 is 0 Å². The molecule has 1 amide bonds. The number of benzene rings is 1. The number of nitrogens with one attached hydrogen (secondary N) is 1. The van der Waals surface area contributed by atoms with Crippen molar-refractivity contribution in [1.29, 1.82) is 0 Å². The molecule has 1 aromatic carbocycles. The van der Waals surface area contributed by atoms with Crippen LogP contribution in [0.4, 0.5) is 5.69 Å². The zero-order valence-electron chi connectivity index (χ0n) is 11.9. The maximum Gasteiger partial charge on any atom is 0.312 e. The highest BCUT2D eigenvalue weighted by molar-refractivity contribution is 6.30. The van der Waals surface area contributed by atoms with Crippen LogP contribution in [0.3, 0.4) is 0 Å². The molecule has 0 fully saturated rings. The van der Waals surface area contributed by atoms with Gasteiger partial charge in [-0.05, 0) is 26.0 Å². The summed E-state index contributed by atoms with van der Waals surface area (Å²) in [5.74, 6) is -0.155. The molecule has 0 aromatic heterocycles. The highest BCUT2D eigenvalue weighted by Crippen LogP contribution is 2.29. The van der Waals surface area contributed by atoms with Gasteiger partial charge < -0.3 is 15.8 Å². The molecule has 0 aliphatic carbocycles. The van der Waals surface area contributed by atoms with E-state index in [-0.39, 0.29) is 35.4 Å². The van der Waals surface area contributed by atoms with Gasteiger partial charge in [0, 0.05) is 23.2 Å². The third-order valence-electron chi connectivity index (χ3n) is 2.69. The van der Waals surface area contributed by atoms with Gasteiger partial charge in [0.15, 0.2) is 5.75 Å². The summed E-state index contributed by atoms with van der Waals surface area (Å²) >= 11 is 5.70. The third-order valence-corrected chi connectivity index (χ3v) is 2.93. The average molecular weight is 316 g/mol. The zero-order valence-corrected chi connectivity index (χ0v) is 12.6. The van der Waals surface area contributed by atoms with Crippen LogP contribution in [-0.2, 0) is 4.79 Å². The van der Waals surface area contributed by atoms with Gasteiger partial charge in [0.05, 0.1) is 18.0 Å². The Morgan fingerprint density at radius 3 is 2.76 bits per heavy atom. The molecule has 0 aliphatic rings. The molecule has 0 spiro atoms. The fraction of sp³-hybridized carbons (Fsp3) is 0.462. The van der Waals surface area contributed by atoms with Crippen molar-refractivity contribution in [2.75, 3.05) is 13.2 Å². The fourth-order valence-corrected chi connectivity index (χ4v) is 1.67. The second kappa shape index (κ2) is 7.24. The van der Waals surface area contributed by atoms with Crippen molar-refractivity contribution >= 4 is 23.2 Å². The molecule has 8 heteroatoms. The van der Waals surface area contributed by atoms with Crippen LogP contribution in [-0.4, -0.2) is 29.5 Å². The quantitative estimate of drug-likeness (QED) is 0.590. The summed E-state index contributed by atoms with van der Waals surface area (Å²) in [7, 11) is 0. The maximum atomic E-state index is 11.7. The molecule has 0 aliphatic heterocycles. The number of amides is 1. The van der Waals surface area contributed by atoms with E-state index in [9.17, 15) is 14.9 Å². The van der Waals surface area contributed by atoms with Crippen LogP contribution in [0, 0.1) is 10.1 Å². The van der Waals surface area contributed by atoms with Gasteiger partial charge in [0.1, 0.15) is 0 Å². The van der Waals surface area contributed by atoms with Crippen LogP contribution in [0.1, 0.15) is 20.3 Å². The highest BCUT2D eigenvalue weighted by atomic mass is 35.5. The van der Waals surface area contributed by atoms with Gasteiger partial charge in [-0.2, -0.15) is 0 Å². The topological polar surface area (TPSA) is 107 Å². The Hall–Kier alpha value is -1.86. The maximum absolute atomic E-state index is 11.7. The summed E-state index contributed by atoms with van der Waals surface area (Å²) in [5.41, 5.74) is 4.78. The van der Waals surface area contributed by atoms with Gasteiger partial charge in [-0.25, -0.2) is 0 Å². The van der Waals surface area contributed by atoms with Crippen molar-refractivity contribution in [3.05, 3.63) is 33.3 Å². The third kappa shape index (κ3) is 5.57. The minimum Gasteiger partial charge on any atom is -0.486 e. The molecule has 1 rings (SSSR count). The van der Waals surface area contributed by atoms with E-state index in [0.29, 0.717) is 6.54 Å². The van der Waals surface area contributed by atoms with Crippen molar-refractivity contribution in [3.63, 3.8) is 0 Å². The van der Waals surface area contributed by atoms with Crippen LogP contribution in [0.5, 0.6) is 5.75 Å². The molecule has 3 N–H and O–H groups in total. The largest absolute Gasteiger partial charge is 0.486 e. The average Bonchev–Trinajstić information content (AvgIpc) is 2.39. The van der Waals surface area contributed by atoms with E-state index in [0.717, 1.165) is 0 Å². The van der Waals surface area contributed by atoms with E-state index < -0.39 is 10.5 Å². The zero-order chi connectivity index (χ0) is 16.0. The Labute approximate surface area is 127 Å². The second-order valence-electron chi connectivity index (χ2n) is 5.10. The number of nitro benzene ring substituents is 1. The number of ether oxygens (including phenoxy) is 1. The molecule has 0 unspecified atom stereocenters. The number of hydrogen-bond donors (Lipinski definition) is 2. The molecule has 0 atom stereocenters. The highest BCUT2D eigenvalue weighted by Gasteiger charge is 2.19. The number of carbonyl (C=O) groups excluding carboxylic acids is 1. The van der Waals surface area contributed by atoms with Crippen molar-refractivity contribution in [2.45, 2.75) is 25.8 Å². The monoisotopic (exact) mass is 315 g/mol. The van der Waals surface area contributed by atoms with Gasteiger partial charge in [-0.15, -0.1) is 0 Å². The SMILES string of the molecule is CC(C)(CN)NC(=O)CCOc1ccc(Cl)cc1[N+](=O)[O-]. The predicted molar refractivity (Wildman–Crippen MR) is 79.5 cm³/mol. The molecule has 0 heterocycles. The van der Waals surface area contributed by atoms with Gasteiger partial charge >= 0.3 is 5.69 Å². The first-order valence-electron chi connectivity index (χ1n) is 6.33. The molecule has 0 saturated carbocycles. The molecule has 116 valence electrons. The van der Waals surface area contributed by atoms with Gasteiger partial charge in [0.2, 0.25) is 5.91 Å². The Kier molecular flexibility index (Phi) is 5.92. The first kappa shape index (κ1) is 17.2. The fourth-order valence-electron chi connectivity index (χ4n) is 1.50. The number of rotatable bonds is 7. The predicted octanol–water partition coefficient (Wildman–Crippen LogP) is 1.87. The van der Waals surface area contributed by atoms with Gasteiger partial charge in [0.25, 0.3) is 0 Å². The Balaban J connectivity index is 2.57. The Morgan fingerprint density at radius 2 is 2.19 bits per heavy atom. The lowest BCUT2D eigenvalue weighted by molar-refractivity contribution is -0.385. The lowest BCUT2D eigenvalue weighted by atomic mass is 10.1. The first-order valence-corrected chi connectivity index (χ1v) is 6.71. The van der Waals surface area contributed by atoms with Crippen molar-refractivity contribution < 1.29 is 14.5 Å². The number of carbonyl (C=O) groups is 1. The number of nitrogens with two attached hydrogens (primary N) is 1. The van der Waals surface area contributed by atoms with Gasteiger partial charge in [-0.3, -0.25) is 14.9 Å². The van der Waals surface area contributed by atoms with E-state index in [4.69, 9.17) is 22.1 Å². The molecular weight excluding hydrogens is 298 g/mol. The summed E-state index contributed by atoms with van der Waals surface area (Å²) in [6.07, 6.45) is 0.0726. The number of nitrogens with zero attached hydrogens (tertiary/aromatic N) is 1. The lowest BCUT2D eigenvalue weighted by Crippen LogP contribution is -2.49. The van der Waals surface area contributed by atoms with E-state index in [1.165, 1.54) is 18.2 Å². The summed E-state index contributed by atoms with van der Waals surface area (Å²) in [6, 6.07) is 4.10. The van der Waals surface area contributed by atoms with E-state index in [2.05, 4.69) is 5.32 Å². The van der Waals surface area contributed by atoms with E-state index in [1.807, 2.05) is 0 Å². The minimum absolute atomic E-state index is 0.0228. The lowest BCUT2D eigenvalue weighted by Gasteiger charge is -2.24. The number of nitro groups is 1. The summed E-state index contributed by atoms with van der Waals surface area (Å²) < 4.78 is 5.28. The van der Waals surface area contributed by atoms with Crippen LogP contribution in [0.25, 0.3) is 0 Å². The summed E-state index contributed by atoms with van der Waals surface area (Å²) in [4.78, 5) is 22.0. The molecule has 1 aromatic rings. The van der Waals surface area contributed by atoms with Crippen molar-refractivity contribution in [1.82, 2.24) is 5.32 Å². The standard InChI is InChI=1S/C13H18ClN3O4/c1-13(2,8-15)16-12(18)5-6-21-11-4-3-9(14)7-10(11)17(19)20/h3-4,7H,5-6,8,15H2,1-2H3,(H,16,18). The summed E-state index contributed by atoms with van der Waals surface area (Å²) in [5, 5.41) is 13.9. The molecule has 7 nitrogen and oxygen atoms in total. The normalized spacial score (nSPS) is 11.0. The molecule has 0 radical (unpaired) electrons. The van der Waals surface area contributed by atoms with Crippen LogP contribution in [0.15, 0.2) is 18.2 Å². The molecular formula is C13H18ClN3O4. The summed E-state index contributed by atoms with van der Waals surface area (Å²) in [6.45, 7) is 3.93. The first-order chi connectivity index (χ1) is 9.75. The van der Waals surface area contributed by atoms with Crippen molar-refractivity contribution in [2.24, 2.45) is 5.73 Å². The van der Waals surface area contributed by atoms with Crippen LogP contribution < -0.4 is 15.8 Å². The minimum atomic E-state index is -0.585. The number of hydrogen-bond acceptors (Lipinski definition) is 5. The second-order valence-corrected chi connectivity index (χ2v) is 5.54. The molecule has 0 bridgehead atoms. The van der Waals surface area contributed by atoms with E-state index in [1.54, 1.807) is 13.8 Å². The smallest absolute Gasteiger partial charge is 0.312 e. The van der Waals surface area contributed by atoms with Gasteiger partial charge in [-0.1, -0.05) is 11.6 Å². The molecule has 21 heavy (non-hydrogen) atoms. The molecule has 0 saturated heterocycles. The van der Waals surface area contributed by atoms with Crippen LogP contribution in [0.2, 0.25) is 5.02 Å². The Bertz CT molecular complexity index is 534.